The van der Waals surface area contributed by atoms with Crippen molar-refractivity contribution < 1.29 is 14.7 Å². The van der Waals surface area contributed by atoms with Crippen LogP contribution in [0.2, 0.25) is 0 Å². The second-order valence-corrected chi connectivity index (χ2v) is 4.87. The molecular weight excluding hydrogens is 244 g/mol. The highest BCUT2D eigenvalue weighted by Crippen LogP contribution is 2.03. The molecule has 0 saturated heterocycles. The van der Waals surface area contributed by atoms with Gasteiger partial charge in [-0.1, -0.05) is 44.2 Å². The summed E-state index contributed by atoms with van der Waals surface area (Å²) >= 11 is 0. The van der Waals surface area contributed by atoms with Crippen LogP contribution in [0.3, 0.4) is 0 Å². The summed E-state index contributed by atoms with van der Waals surface area (Å²) in [7, 11) is 0. The van der Waals surface area contributed by atoms with E-state index in [9.17, 15) is 9.90 Å². The van der Waals surface area contributed by atoms with E-state index in [1.165, 1.54) is 0 Å². The Kier molecular flexibility index (Phi) is 6.92. The van der Waals surface area contributed by atoms with Crippen LogP contribution in [0.25, 0.3) is 0 Å². The summed E-state index contributed by atoms with van der Waals surface area (Å²) in [5, 5.41) is 12.1. The maximum absolute atomic E-state index is 11.4. The standard InChI is InChI=1S/C14H22N2O3/c1-11(2)8-13(17)9-15-14(18)16-19-10-12-6-4-3-5-7-12/h3-7,11,13,17H,8-10H2,1-2H3,(H2,15,16,18). The lowest BCUT2D eigenvalue weighted by Crippen LogP contribution is -2.39. The van der Waals surface area contributed by atoms with Crippen LogP contribution in [0.5, 0.6) is 0 Å². The Morgan fingerprint density at radius 2 is 2.00 bits per heavy atom. The summed E-state index contributed by atoms with van der Waals surface area (Å²) in [6, 6.07) is 9.10. The first-order chi connectivity index (χ1) is 9.08. The number of aliphatic hydroxyl groups is 1. The predicted octanol–water partition coefficient (Wildman–Crippen LogP) is 1.82. The number of amides is 2. The van der Waals surface area contributed by atoms with Crippen molar-refractivity contribution in [1.82, 2.24) is 10.8 Å². The third-order valence-corrected chi connectivity index (χ3v) is 2.49. The summed E-state index contributed by atoms with van der Waals surface area (Å²) < 4.78 is 0. The molecule has 0 aliphatic carbocycles. The number of benzene rings is 1. The minimum atomic E-state index is -0.528. The first kappa shape index (κ1) is 15.5. The number of urea groups is 1. The third-order valence-electron chi connectivity index (χ3n) is 2.49. The van der Waals surface area contributed by atoms with Crippen molar-refractivity contribution in [2.75, 3.05) is 6.54 Å². The quantitative estimate of drug-likeness (QED) is 0.659. The Balaban J connectivity index is 2.11. The highest BCUT2D eigenvalue weighted by atomic mass is 16.7. The number of aliphatic hydroxyl groups excluding tert-OH is 1. The molecule has 1 aromatic carbocycles. The van der Waals surface area contributed by atoms with Gasteiger partial charge in [0.1, 0.15) is 0 Å². The van der Waals surface area contributed by atoms with Crippen LogP contribution >= 0.6 is 0 Å². The van der Waals surface area contributed by atoms with Crippen LogP contribution in [-0.2, 0) is 11.4 Å². The molecule has 106 valence electrons. The van der Waals surface area contributed by atoms with Gasteiger partial charge >= 0.3 is 6.03 Å². The van der Waals surface area contributed by atoms with Crippen LogP contribution in [0.1, 0.15) is 25.8 Å². The third kappa shape index (κ3) is 7.43. The van der Waals surface area contributed by atoms with Crippen molar-refractivity contribution in [3.63, 3.8) is 0 Å². The van der Waals surface area contributed by atoms with Crippen molar-refractivity contribution >= 4 is 6.03 Å². The number of nitrogens with one attached hydrogen (secondary N) is 2. The minimum absolute atomic E-state index is 0.221. The van der Waals surface area contributed by atoms with E-state index in [1.54, 1.807) is 0 Å². The molecule has 0 spiro atoms. The zero-order valence-electron chi connectivity index (χ0n) is 11.4. The number of hydrogen-bond acceptors (Lipinski definition) is 3. The fourth-order valence-electron chi connectivity index (χ4n) is 1.63. The molecule has 1 rings (SSSR count). The van der Waals surface area contributed by atoms with Crippen LogP contribution in [-0.4, -0.2) is 23.8 Å². The van der Waals surface area contributed by atoms with E-state index in [0.29, 0.717) is 18.9 Å². The SMILES string of the molecule is CC(C)CC(O)CNC(=O)NOCc1ccccc1. The molecule has 0 aliphatic heterocycles. The van der Waals surface area contributed by atoms with Crippen molar-refractivity contribution in [1.29, 1.82) is 0 Å². The van der Waals surface area contributed by atoms with Gasteiger partial charge in [-0.15, -0.1) is 0 Å². The Bertz CT molecular complexity index is 368. The maximum atomic E-state index is 11.4. The van der Waals surface area contributed by atoms with Gasteiger partial charge in [-0.3, -0.25) is 4.84 Å². The van der Waals surface area contributed by atoms with Crippen molar-refractivity contribution in [3.05, 3.63) is 35.9 Å². The Hall–Kier alpha value is -1.59. The molecule has 0 fully saturated rings. The number of carbonyl (C=O) groups is 1. The molecule has 1 aromatic rings. The van der Waals surface area contributed by atoms with E-state index in [-0.39, 0.29) is 6.54 Å². The molecule has 0 saturated carbocycles. The number of rotatable bonds is 7. The zero-order valence-corrected chi connectivity index (χ0v) is 11.4. The molecule has 5 nitrogen and oxygen atoms in total. The van der Waals surface area contributed by atoms with Gasteiger partial charge in [0.15, 0.2) is 0 Å². The number of hydroxylamine groups is 1. The fraction of sp³-hybridized carbons (Fsp3) is 0.500. The number of hydrogen-bond donors (Lipinski definition) is 3. The monoisotopic (exact) mass is 266 g/mol. The highest BCUT2D eigenvalue weighted by molar-refractivity contribution is 5.72. The molecule has 0 aromatic heterocycles. The maximum Gasteiger partial charge on any atom is 0.338 e. The molecule has 19 heavy (non-hydrogen) atoms. The van der Waals surface area contributed by atoms with Gasteiger partial charge in [0, 0.05) is 6.54 Å². The lowest BCUT2D eigenvalue weighted by atomic mass is 10.1. The second-order valence-electron chi connectivity index (χ2n) is 4.87. The lowest BCUT2D eigenvalue weighted by molar-refractivity contribution is 0.0473. The summed E-state index contributed by atoms with van der Waals surface area (Å²) in [6.07, 6.45) is 0.130. The average Bonchev–Trinajstić information content (AvgIpc) is 2.37. The predicted molar refractivity (Wildman–Crippen MR) is 73.2 cm³/mol. The molecule has 5 heteroatoms. The molecule has 0 bridgehead atoms. The van der Waals surface area contributed by atoms with Gasteiger partial charge in [-0.2, -0.15) is 0 Å². The molecule has 0 aliphatic rings. The van der Waals surface area contributed by atoms with Crippen molar-refractivity contribution in [2.45, 2.75) is 33.0 Å². The van der Waals surface area contributed by atoms with Gasteiger partial charge in [-0.25, -0.2) is 10.3 Å². The normalized spacial score (nSPS) is 12.2. The molecule has 3 N–H and O–H groups in total. The molecule has 0 heterocycles. The Labute approximate surface area is 113 Å². The molecule has 2 amide bonds. The minimum Gasteiger partial charge on any atom is -0.391 e. The van der Waals surface area contributed by atoms with Gasteiger partial charge in [-0.05, 0) is 17.9 Å². The van der Waals surface area contributed by atoms with Gasteiger partial charge < -0.3 is 10.4 Å². The zero-order chi connectivity index (χ0) is 14.1. The van der Waals surface area contributed by atoms with E-state index >= 15 is 0 Å². The largest absolute Gasteiger partial charge is 0.391 e. The highest BCUT2D eigenvalue weighted by Gasteiger charge is 2.08. The van der Waals surface area contributed by atoms with Gasteiger partial charge in [0.25, 0.3) is 0 Å². The van der Waals surface area contributed by atoms with Crippen LogP contribution in [0.4, 0.5) is 4.79 Å². The Morgan fingerprint density at radius 3 is 2.63 bits per heavy atom. The van der Waals surface area contributed by atoms with E-state index in [2.05, 4.69) is 10.8 Å². The topological polar surface area (TPSA) is 70.6 Å². The first-order valence-electron chi connectivity index (χ1n) is 6.45. The molecular formula is C14H22N2O3. The van der Waals surface area contributed by atoms with Gasteiger partial charge in [0.2, 0.25) is 0 Å². The van der Waals surface area contributed by atoms with Crippen LogP contribution in [0.15, 0.2) is 30.3 Å². The summed E-state index contributed by atoms with van der Waals surface area (Å²) in [6.45, 7) is 4.57. The number of carbonyl (C=O) groups excluding carboxylic acids is 1. The summed E-state index contributed by atoms with van der Waals surface area (Å²) in [5.74, 6) is 0.397. The summed E-state index contributed by atoms with van der Waals surface area (Å²) in [4.78, 5) is 16.4. The van der Waals surface area contributed by atoms with Crippen molar-refractivity contribution in [3.8, 4) is 0 Å². The van der Waals surface area contributed by atoms with E-state index in [0.717, 1.165) is 5.56 Å². The van der Waals surface area contributed by atoms with Gasteiger partial charge in [0.05, 0.1) is 12.7 Å². The van der Waals surface area contributed by atoms with Crippen LogP contribution in [0, 0.1) is 5.92 Å². The smallest absolute Gasteiger partial charge is 0.338 e. The lowest BCUT2D eigenvalue weighted by Gasteiger charge is -2.14. The van der Waals surface area contributed by atoms with Crippen molar-refractivity contribution in [2.24, 2.45) is 5.92 Å². The van der Waals surface area contributed by atoms with E-state index in [4.69, 9.17) is 4.84 Å². The summed E-state index contributed by atoms with van der Waals surface area (Å²) in [5.41, 5.74) is 3.25. The van der Waals surface area contributed by atoms with E-state index in [1.807, 2.05) is 44.2 Å². The van der Waals surface area contributed by atoms with E-state index < -0.39 is 12.1 Å². The Morgan fingerprint density at radius 1 is 1.32 bits per heavy atom. The molecule has 0 radical (unpaired) electrons. The fourth-order valence-corrected chi connectivity index (χ4v) is 1.63. The average molecular weight is 266 g/mol. The van der Waals surface area contributed by atoms with Crippen LogP contribution < -0.4 is 10.8 Å². The molecule has 1 unspecified atom stereocenters. The second kappa shape index (κ2) is 8.50. The molecule has 1 atom stereocenters. The first-order valence-corrected chi connectivity index (χ1v) is 6.45.